The standard InChI is InChI=1S/C25H25ClN2O4S/c1-14(2)32-19-9-6-16(12-20(19)31-3)23(29)22-18-10-11-28(13-21(18)33-24(22)27)25(30)15-4-7-17(26)8-5-15/h4-9,12,14H,10-11,13,27H2,1-3H3. The number of methoxy groups -OCH3 is 1. The molecular weight excluding hydrogens is 460 g/mol. The van der Waals surface area contributed by atoms with E-state index in [0.717, 1.165) is 10.4 Å². The van der Waals surface area contributed by atoms with Crippen LogP contribution in [0.2, 0.25) is 5.02 Å². The molecular formula is C25H25ClN2O4S. The van der Waals surface area contributed by atoms with Gasteiger partial charge in [-0.25, -0.2) is 0 Å². The van der Waals surface area contributed by atoms with E-state index in [1.807, 2.05) is 13.8 Å². The molecule has 1 aliphatic rings. The van der Waals surface area contributed by atoms with Crippen LogP contribution in [-0.4, -0.2) is 36.3 Å². The van der Waals surface area contributed by atoms with Crippen LogP contribution in [0.3, 0.4) is 0 Å². The summed E-state index contributed by atoms with van der Waals surface area (Å²) in [5.41, 5.74) is 8.80. The van der Waals surface area contributed by atoms with Crippen LogP contribution in [0, 0.1) is 0 Å². The largest absolute Gasteiger partial charge is 0.493 e. The van der Waals surface area contributed by atoms with Gasteiger partial charge in [-0.1, -0.05) is 11.6 Å². The Morgan fingerprint density at radius 1 is 1.09 bits per heavy atom. The van der Waals surface area contributed by atoms with Crippen molar-refractivity contribution in [2.75, 3.05) is 19.4 Å². The van der Waals surface area contributed by atoms with Crippen LogP contribution < -0.4 is 15.2 Å². The van der Waals surface area contributed by atoms with Crippen LogP contribution in [-0.2, 0) is 13.0 Å². The fourth-order valence-electron chi connectivity index (χ4n) is 3.93. The molecule has 3 aromatic rings. The molecule has 2 aromatic carbocycles. The number of nitrogens with zero attached hydrogens (tertiary/aromatic N) is 1. The SMILES string of the molecule is COc1cc(C(=O)c2c(N)sc3c2CCN(C(=O)c2ccc(Cl)cc2)C3)ccc1OC(C)C. The van der Waals surface area contributed by atoms with Crippen LogP contribution in [0.1, 0.15) is 50.6 Å². The molecule has 0 atom stereocenters. The number of hydrogen-bond acceptors (Lipinski definition) is 6. The number of carbonyl (C=O) groups is 2. The molecule has 0 radical (unpaired) electrons. The van der Waals surface area contributed by atoms with E-state index in [1.165, 1.54) is 11.3 Å². The summed E-state index contributed by atoms with van der Waals surface area (Å²) in [6.07, 6.45) is 0.549. The van der Waals surface area contributed by atoms with Gasteiger partial charge in [0.2, 0.25) is 0 Å². The lowest BCUT2D eigenvalue weighted by molar-refractivity contribution is 0.0737. The van der Waals surface area contributed by atoms with Crippen molar-refractivity contribution in [1.82, 2.24) is 4.90 Å². The van der Waals surface area contributed by atoms with E-state index < -0.39 is 0 Å². The fourth-order valence-corrected chi connectivity index (χ4v) is 5.18. The summed E-state index contributed by atoms with van der Waals surface area (Å²) in [6, 6.07) is 12.0. The average molecular weight is 485 g/mol. The van der Waals surface area contributed by atoms with E-state index in [0.29, 0.717) is 57.7 Å². The van der Waals surface area contributed by atoms with Crippen molar-refractivity contribution < 1.29 is 19.1 Å². The highest BCUT2D eigenvalue weighted by molar-refractivity contribution is 7.16. The lowest BCUT2D eigenvalue weighted by atomic mass is 9.96. The van der Waals surface area contributed by atoms with Crippen LogP contribution in [0.25, 0.3) is 0 Å². The maximum absolute atomic E-state index is 13.4. The van der Waals surface area contributed by atoms with Crippen molar-refractivity contribution in [3.63, 3.8) is 0 Å². The van der Waals surface area contributed by atoms with E-state index in [9.17, 15) is 9.59 Å². The van der Waals surface area contributed by atoms with E-state index in [1.54, 1.807) is 54.5 Å². The Morgan fingerprint density at radius 2 is 1.79 bits per heavy atom. The molecule has 172 valence electrons. The van der Waals surface area contributed by atoms with Crippen molar-refractivity contribution >= 4 is 39.6 Å². The highest BCUT2D eigenvalue weighted by Crippen LogP contribution is 2.38. The Labute approximate surface area is 201 Å². The summed E-state index contributed by atoms with van der Waals surface area (Å²) in [5, 5.41) is 1.05. The molecule has 6 nitrogen and oxygen atoms in total. The maximum atomic E-state index is 13.4. The van der Waals surface area contributed by atoms with Gasteiger partial charge in [-0.15, -0.1) is 11.3 Å². The number of ketones is 1. The van der Waals surface area contributed by atoms with E-state index in [4.69, 9.17) is 26.8 Å². The predicted molar refractivity (Wildman–Crippen MR) is 131 cm³/mol. The first-order valence-corrected chi connectivity index (χ1v) is 11.8. The van der Waals surface area contributed by atoms with Gasteiger partial charge >= 0.3 is 0 Å². The maximum Gasteiger partial charge on any atom is 0.254 e. The fraction of sp³-hybridized carbons (Fsp3) is 0.280. The lowest BCUT2D eigenvalue weighted by Crippen LogP contribution is -2.35. The topological polar surface area (TPSA) is 81.9 Å². The summed E-state index contributed by atoms with van der Waals surface area (Å²) < 4.78 is 11.2. The predicted octanol–water partition coefficient (Wildman–Crippen LogP) is 5.21. The zero-order valence-corrected chi connectivity index (χ0v) is 20.3. The number of ether oxygens (including phenoxy) is 2. The summed E-state index contributed by atoms with van der Waals surface area (Å²) in [4.78, 5) is 29.0. The van der Waals surface area contributed by atoms with Gasteiger partial charge < -0.3 is 20.1 Å². The third kappa shape index (κ3) is 4.70. The number of amides is 1. The first-order valence-electron chi connectivity index (χ1n) is 10.6. The Balaban J connectivity index is 1.59. The van der Waals surface area contributed by atoms with Gasteiger partial charge in [-0.3, -0.25) is 9.59 Å². The minimum atomic E-state index is -0.156. The second-order valence-corrected chi connectivity index (χ2v) is 9.66. The summed E-state index contributed by atoms with van der Waals surface area (Å²) >= 11 is 7.30. The summed E-state index contributed by atoms with van der Waals surface area (Å²) in [6.45, 7) is 4.79. The second kappa shape index (κ2) is 9.45. The lowest BCUT2D eigenvalue weighted by Gasteiger charge is -2.27. The number of nitrogens with two attached hydrogens (primary N) is 1. The highest BCUT2D eigenvalue weighted by atomic mass is 35.5. The summed E-state index contributed by atoms with van der Waals surface area (Å²) in [7, 11) is 1.55. The van der Waals surface area contributed by atoms with Crippen molar-refractivity contribution in [2.45, 2.75) is 32.9 Å². The van der Waals surface area contributed by atoms with Crippen molar-refractivity contribution in [3.05, 3.63) is 74.6 Å². The third-order valence-corrected chi connectivity index (χ3v) is 6.78. The summed E-state index contributed by atoms with van der Waals surface area (Å²) in [5.74, 6) is 0.859. The highest BCUT2D eigenvalue weighted by Gasteiger charge is 2.30. The quantitative estimate of drug-likeness (QED) is 0.486. The number of thiophene rings is 1. The zero-order chi connectivity index (χ0) is 23.7. The first kappa shape index (κ1) is 23.1. The Kier molecular flexibility index (Phi) is 6.63. The molecule has 33 heavy (non-hydrogen) atoms. The number of benzene rings is 2. The molecule has 0 spiro atoms. The van der Waals surface area contributed by atoms with Gasteiger partial charge in [0.1, 0.15) is 0 Å². The average Bonchev–Trinajstić information content (AvgIpc) is 3.13. The molecule has 1 amide bonds. The van der Waals surface area contributed by atoms with Gasteiger partial charge in [0.15, 0.2) is 17.3 Å². The van der Waals surface area contributed by atoms with Gasteiger partial charge in [-0.2, -0.15) is 0 Å². The molecule has 4 rings (SSSR count). The number of nitrogen functional groups attached to an aromatic ring is 1. The van der Waals surface area contributed by atoms with Crippen LogP contribution in [0.5, 0.6) is 11.5 Å². The number of hydrogen-bond donors (Lipinski definition) is 1. The van der Waals surface area contributed by atoms with Crippen LogP contribution in [0.4, 0.5) is 5.00 Å². The first-order chi connectivity index (χ1) is 15.8. The van der Waals surface area contributed by atoms with Gasteiger partial charge in [0.05, 0.1) is 30.3 Å². The van der Waals surface area contributed by atoms with E-state index >= 15 is 0 Å². The van der Waals surface area contributed by atoms with Gasteiger partial charge in [-0.05, 0) is 68.3 Å². The number of halogens is 1. The molecule has 0 fully saturated rings. The second-order valence-electron chi connectivity index (χ2n) is 8.09. The number of carbonyl (C=O) groups excluding carboxylic acids is 2. The normalized spacial score (nSPS) is 13.1. The molecule has 1 aliphatic heterocycles. The number of anilines is 1. The number of fused-ring (bicyclic) bond motifs is 1. The molecule has 8 heteroatoms. The Hall–Kier alpha value is -3.03. The molecule has 0 saturated heterocycles. The van der Waals surface area contributed by atoms with Crippen molar-refractivity contribution in [2.24, 2.45) is 0 Å². The Morgan fingerprint density at radius 3 is 2.45 bits per heavy atom. The molecule has 0 aliphatic carbocycles. The molecule has 0 saturated carbocycles. The minimum Gasteiger partial charge on any atom is -0.493 e. The number of rotatable bonds is 6. The van der Waals surface area contributed by atoms with Crippen LogP contribution in [0.15, 0.2) is 42.5 Å². The molecule has 1 aromatic heterocycles. The molecule has 2 N–H and O–H groups in total. The van der Waals surface area contributed by atoms with Crippen molar-refractivity contribution in [1.29, 1.82) is 0 Å². The monoisotopic (exact) mass is 484 g/mol. The molecule has 0 bridgehead atoms. The van der Waals surface area contributed by atoms with Crippen LogP contribution >= 0.6 is 22.9 Å². The van der Waals surface area contributed by atoms with Crippen molar-refractivity contribution in [3.8, 4) is 11.5 Å². The minimum absolute atomic E-state index is 0.0153. The van der Waals surface area contributed by atoms with E-state index in [-0.39, 0.29) is 17.8 Å². The molecule has 2 heterocycles. The Bertz CT molecular complexity index is 1200. The van der Waals surface area contributed by atoms with Gasteiger partial charge in [0.25, 0.3) is 5.91 Å². The van der Waals surface area contributed by atoms with E-state index in [2.05, 4.69) is 0 Å². The smallest absolute Gasteiger partial charge is 0.254 e. The third-order valence-electron chi connectivity index (χ3n) is 5.48. The molecule has 0 unspecified atom stereocenters. The zero-order valence-electron chi connectivity index (χ0n) is 18.7. The van der Waals surface area contributed by atoms with Gasteiger partial charge in [0, 0.05) is 27.6 Å².